The highest BCUT2D eigenvalue weighted by atomic mass is 16.2. The molecule has 0 saturated carbocycles. The van der Waals surface area contributed by atoms with Crippen LogP contribution in [0.4, 0.5) is 19.2 Å². The van der Waals surface area contributed by atoms with E-state index in [9.17, 15) is 19.2 Å². The van der Waals surface area contributed by atoms with Gasteiger partial charge in [-0.15, -0.1) is 0 Å². The number of carbonyl (C=O) groups is 4. The van der Waals surface area contributed by atoms with Gasteiger partial charge in [0.15, 0.2) is 0 Å². The predicted octanol–water partition coefficient (Wildman–Crippen LogP) is 3.45. The van der Waals surface area contributed by atoms with Crippen molar-refractivity contribution in [1.29, 1.82) is 0 Å². The third kappa shape index (κ3) is 9.52. The minimum Gasteiger partial charge on any atom is -0.328 e. The van der Waals surface area contributed by atoms with E-state index in [-0.39, 0.29) is 12.1 Å². The Morgan fingerprint density at radius 3 is 1.10 bits per heavy atom. The van der Waals surface area contributed by atoms with E-state index < -0.39 is 12.1 Å². The fourth-order valence-electron chi connectivity index (χ4n) is 2.65. The summed E-state index contributed by atoms with van der Waals surface area (Å²) < 4.78 is 0. The van der Waals surface area contributed by atoms with E-state index in [0.29, 0.717) is 0 Å². The Balaban J connectivity index is 0.000000329. The number of hydrogen-bond donors (Lipinski definition) is 0. The number of nitrogens with zero attached hydrogens (tertiary/aromatic N) is 8. The molecule has 2 fully saturated rings. The molecule has 0 N–H and O–H groups in total. The first-order chi connectivity index (χ1) is 14.2. The normalized spacial score (nSPS) is 16.8. The number of piperidine rings is 2. The molecule has 8 amide bonds. The molecule has 2 aliphatic heterocycles. The molecule has 12 heteroatoms. The summed E-state index contributed by atoms with van der Waals surface area (Å²) in [6, 6.07) is -1.85. The van der Waals surface area contributed by atoms with Crippen LogP contribution in [0.15, 0.2) is 20.5 Å². The van der Waals surface area contributed by atoms with Gasteiger partial charge in [0.1, 0.15) is 0 Å². The fourth-order valence-corrected chi connectivity index (χ4v) is 2.65. The summed E-state index contributed by atoms with van der Waals surface area (Å²) in [4.78, 5) is 50.7. The summed E-state index contributed by atoms with van der Waals surface area (Å²) in [5.41, 5.74) is 0. The quantitative estimate of drug-likeness (QED) is 0.551. The lowest BCUT2D eigenvalue weighted by molar-refractivity contribution is 0.187. The van der Waals surface area contributed by atoms with Gasteiger partial charge in [-0.1, -0.05) is 20.5 Å². The molecule has 0 atom stereocenters. The Labute approximate surface area is 177 Å². The van der Waals surface area contributed by atoms with Crippen LogP contribution in [0.1, 0.15) is 38.5 Å². The molecule has 2 aliphatic rings. The zero-order valence-corrected chi connectivity index (χ0v) is 18.3. The van der Waals surface area contributed by atoms with Gasteiger partial charge in [-0.2, -0.15) is 0 Å². The van der Waals surface area contributed by atoms with Gasteiger partial charge in [-0.05, 0) is 38.5 Å². The largest absolute Gasteiger partial charge is 0.362 e. The number of amides is 8. The van der Waals surface area contributed by atoms with Crippen molar-refractivity contribution in [2.75, 3.05) is 54.4 Å². The van der Waals surface area contributed by atoms with Crippen LogP contribution >= 0.6 is 0 Å². The summed E-state index contributed by atoms with van der Waals surface area (Å²) in [6.45, 7) is 2.93. The third-order valence-corrected chi connectivity index (χ3v) is 4.46. The van der Waals surface area contributed by atoms with Crippen molar-refractivity contribution in [2.24, 2.45) is 20.5 Å². The molecule has 2 saturated heterocycles. The molecule has 12 nitrogen and oxygen atoms in total. The summed E-state index contributed by atoms with van der Waals surface area (Å²) in [5.74, 6) is 0. The van der Waals surface area contributed by atoms with Crippen LogP contribution in [0.2, 0.25) is 0 Å². The van der Waals surface area contributed by atoms with Gasteiger partial charge in [0.05, 0.1) is 0 Å². The standard InChI is InChI=1S/C12H20N4O2.C6H12N4O2/c17-11(15-7-3-1-4-8-15)13-14-12(18)16-9-5-2-6-10-16;1-9(2)5(11)7-8-6(12)10(3)4/h1-10H2;1-4H3/b14-13+;8-7+. The first-order valence-electron chi connectivity index (χ1n) is 10.1. The second kappa shape index (κ2) is 13.3. The van der Waals surface area contributed by atoms with Crippen LogP contribution in [0.5, 0.6) is 0 Å². The number of carbonyl (C=O) groups excluding carboxylic acids is 4. The van der Waals surface area contributed by atoms with Crippen LogP contribution in [0, 0.1) is 0 Å². The third-order valence-electron chi connectivity index (χ3n) is 4.46. The van der Waals surface area contributed by atoms with Crippen LogP contribution in [-0.2, 0) is 0 Å². The fraction of sp³-hybridized carbons (Fsp3) is 0.778. The van der Waals surface area contributed by atoms with E-state index in [1.165, 1.54) is 38.0 Å². The Morgan fingerprint density at radius 2 is 0.833 bits per heavy atom. The highest BCUT2D eigenvalue weighted by Gasteiger charge is 2.18. The van der Waals surface area contributed by atoms with Crippen molar-refractivity contribution < 1.29 is 19.2 Å². The van der Waals surface area contributed by atoms with Gasteiger partial charge in [0, 0.05) is 54.4 Å². The van der Waals surface area contributed by atoms with Gasteiger partial charge in [0.2, 0.25) is 0 Å². The minimum absolute atomic E-state index is 0.375. The topological polar surface area (TPSA) is 131 Å². The molecule has 0 aromatic rings. The molecule has 2 rings (SSSR count). The zero-order chi connectivity index (χ0) is 22.5. The molecular formula is C18H32N8O4. The first-order valence-corrected chi connectivity index (χ1v) is 10.1. The van der Waals surface area contributed by atoms with Crippen molar-refractivity contribution in [3.63, 3.8) is 0 Å². The Morgan fingerprint density at radius 1 is 0.533 bits per heavy atom. The maximum Gasteiger partial charge on any atom is 0.362 e. The van der Waals surface area contributed by atoms with E-state index in [4.69, 9.17) is 0 Å². The zero-order valence-electron chi connectivity index (χ0n) is 18.3. The Hall–Kier alpha value is -2.92. The van der Waals surface area contributed by atoms with Crippen LogP contribution in [0.25, 0.3) is 0 Å². The molecule has 2 heterocycles. The van der Waals surface area contributed by atoms with Crippen molar-refractivity contribution in [2.45, 2.75) is 38.5 Å². The monoisotopic (exact) mass is 424 g/mol. The highest BCUT2D eigenvalue weighted by molar-refractivity contribution is 5.80. The van der Waals surface area contributed by atoms with E-state index in [1.54, 1.807) is 9.80 Å². The predicted molar refractivity (Wildman–Crippen MR) is 110 cm³/mol. The lowest BCUT2D eigenvalue weighted by Crippen LogP contribution is -2.35. The molecular weight excluding hydrogens is 392 g/mol. The summed E-state index contributed by atoms with van der Waals surface area (Å²) in [6.07, 6.45) is 6.38. The van der Waals surface area contributed by atoms with Crippen molar-refractivity contribution >= 4 is 24.1 Å². The summed E-state index contributed by atoms with van der Waals surface area (Å²) >= 11 is 0. The maximum atomic E-state index is 11.7. The second-order valence-corrected chi connectivity index (χ2v) is 7.41. The van der Waals surface area contributed by atoms with Gasteiger partial charge in [0.25, 0.3) is 0 Å². The molecule has 0 aromatic heterocycles. The average Bonchev–Trinajstić information content (AvgIpc) is 2.76. The molecule has 30 heavy (non-hydrogen) atoms. The van der Waals surface area contributed by atoms with E-state index in [0.717, 1.165) is 64.7 Å². The smallest absolute Gasteiger partial charge is 0.328 e. The van der Waals surface area contributed by atoms with Crippen LogP contribution < -0.4 is 0 Å². The summed E-state index contributed by atoms with van der Waals surface area (Å²) in [7, 11) is 6.12. The van der Waals surface area contributed by atoms with E-state index in [2.05, 4.69) is 20.5 Å². The average molecular weight is 425 g/mol. The van der Waals surface area contributed by atoms with Gasteiger partial charge < -0.3 is 19.6 Å². The molecule has 0 aromatic carbocycles. The lowest BCUT2D eigenvalue weighted by Gasteiger charge is -2.25. The first kappa shape index (κ1) is 25.1. The second-order valence-electron chi connectivity index (χ2n) is 7.41. The number of hydrogen-bond acceptors (Lipinski definition) is 4. The van der Waals surface area contributed by atoms with Crippen molar-refractivity contribution in [3.8, 4) is 0 Å². The molecule has 0 bridgehead atoms. The lowest BCUT2D eigenvalue weighted by atomic mass is 10.1. The maximum absolute atomic E-state index is 11.7. The van der Waals surface area contributed by atoms with Crippen LogP contribution in [-0.4, -0.2) is 98.1 Å². The van der Waals surface area contributed by atoms with Crippen molar-refractivity contribution in [3.05, 3.63) is 0 Å². The molecule has 0 unspecified atom stereocenters. The number of rotatable bonds is 0. The number of likely N-dealkylation sites (tertiary alicyclic amines) is 2. The van der Waals surface area contributed by atoms with Gasteiger partial charge in [-0.3, -0.25) is 0 Å². The molecule has 0 radical (unpaired) electrons. The number of azo groups is 2. The van der Waals surface area contributed by atoms with Gasteiger partial charge in [-0.25, -0.2) is 19.2 Å². The van der Waals surface area contributed by atoms with Crippen molar-refractivity contribution in [1.82, 2.24) is 19.6 Å². The van der Waals surface area contributed by atoms with Gasteiger partial charge >= 0.3 is 24.1 Å². The highest BCUT2D eigenvalue weighted by Crippen LogP contribution is 2.12. The molecule has 0 spiro atoms. The molecule has 0 aliphatic carbocycles. The minimum atomic E-state index is -0.551. The molecule has 168 valence electrons. The SMILES string of the molecule is CN(C)C(=O)/N=N/C(=O)N(C)C.O=C(/N=N/C(=O)N1CCCCC1)N1CCCCC1. The Bertz CT molecular complexity index is 597. The number of urea groups is 4. The van der Waals surface area contributed by atoms with Crippen LogP contribution in [0.3, 0.4) is 0 Å². The Kier molecular flexibility index (Phi) is 11.2. The summed E-state index contributed by atoms with van der Waals surface area (Å²) in [5, 5.41) is 13.4. The van der Waals surface area contributed by atoms with E-state index >= 15 is 0 Å². The van der Waals surface area contributed by atoms with E-state index in [1.807, 2.05) is 0 Å².